The number of rotatable bonds is 6. The largest absolute Gasteiger partial charge is 0.370 e. The molecule has 0 bridgehead atoms. The topological polar surface area (TPSA) is 73.8 Å². The Kier molecular flexibility index (Phi) is 5.65. The maximum absolute atomic E-state index is 11.1. The number of carbonyl (C=O) groups is 1. The second-order valence-corrected chi connectivity index (χ2v) is 8.43. The Morgan fingerprint density at radius 1 is 1.04 bits per heavy atom. The number of nitrogens with two attached hydrogens (primary N) is 1. The molecule has 1 aromatic heterocycles. The maximum atomic E-state index is 11.1. The van der Waals surface area contributed by atoms with E-state index in [9.17, 15) is 4.79 Å². The lowest BCUT2D eigenvalue weighted by Gasteiger charge is -2.19. The summed E-state index contributed by atoms with van der Waals surface area (Å²) in [6, 6.07) is 18.4. The predicted molar refractivity (Wildman–Crippen MR) is 110 cm³/mol. The normalized spacial score (nSPS) is 11.5. The summed E-state index contributed by atoms with van der Waals surface area (Å²) in [6.07, 6.45) is 0.307. The Hall–Kier alpha value is -2.60. The van der Waals surface area contributed by atoms with Crippen molar-refractivity contribution in [2.75, 3.05) is 5.75 Å². The van der Waals surface area contributed by atoms with E-state index in [2.05, 4.69) is 55.2 Å². The summed E-state index contributed by atoms with van der Waals surface area (Å²) in [5.74, 6) is 1.04. The van der Waals surface area contributed by atoms with Crippen molar-refractivity contribution in [3.63, 3.8) is 0 Å². The van der Waals surface area contributed by atoms with Crippen LogP contribution in [0.2, 0.25) is 0 Å². The van der Waals surface area contributed by atoms with Crippen molar-refractivity contribution < 1.29 is 4.79 Å². The van der Waals surface area contributed by atoms with Crippen molar-refractivity contribution in [3.05, 3.63) is 60.2 Å². The molecule has 0 spiro atoms. The summed E-state index contributed by atoms with van der Waals surface area (Å²) in [7, 11) is 0. The number of primary amides is 1. The van der Waals surface area contributed by atoms with Gasteiger partial charge in [0.05, 0.1) is 0 Å². The summed E-state index contributed by atoms with van der Waals surface area (Å²) >= 11 is 1.48. The number of thioether (sulfide) groups is 1. The van der Waals surface area contributed by atoms with Crippen LogP contribution in [0.5, 0.6) is 0 Å². The van der Waals surface area contributed by atoms with Gasteiger partial charge in [0, 0.05) is 23.4 Å². The molecule has 0 fully saturated rings. The molecule has 3 rings (SSSR count). The monoisotopic (exact) mass is 380 g/mol. The van der Waals surface area contributed by atoms with Gasteiger partial charge in [0.2, 0.25) is 5.91 Å². The van der Waals surface area contributed by atoms with Crippen LogP contribution in [0.1, 0.15) is 32.8 Å². The van der Waals surface area contributed by atoms with Crippen LogP contribution >= 0.6 is 11.8 Å². The molecule has 0 radical (unpaired) electrons. The first-order chi connectivity index (χ1) is 12.9. The molecule has 6 heteroatoms. The van der Waals surface area contributed by atoms with Crippen LogP contribution in [0.4, 0.5) is 0 Å². The second-order valence-electron chi connectivity index (χ2n) is 7.37. The van der Waals surface area contributed by atoms with E-state index in [1.165, 1.54) is 17.3 Å². The molecule has 140 valence electrons. The molecule has 2 aromatic carbocycles. The minimum Gasteiger partial charge on any atom is -0.370 e. The van der Waals surface area contributed by atoms with Crippen LogP contribution in [0.15, 0.2) is 59.8 Å². The van der Waals surface area contributed by atoms with Crippen molar-refractivity contribution >= 4 is 17.7 Å². The SMILES string of the molecule is CC(C)(C)c1ccc(-c2nnc(SCCC(N)=O)n2-c2ccccc2)cc1. The first-order valence-electron chi connectivity index (χ1n) is 8.89. The Bertz CT molecular complexity index is 912. The highest BCUT2D eigenvalue weighted by molar-refractivity contribution is 7.99. The number of hydrogen-bond acceptors (Lipinski definition) is 4. The number of nitrogens with zero attached hydrogens (tertiary/aromatic N) is 3. The second kappa shape index (κ2) is 7.96. The molecule has 0 saturated carbocycles. The van der Waals surface area contributed by atoms with Gasteiger partial charge in [-0.25, -0.2) is 0 Å². The van der Waals surface area contributed by atoms with E-state index in [-0.39, 0.29) is 11.3 Å². The van der Waals surface area contributed by atoms with Gasteiger partial charge in [0.25, 0.3) is 0 Å². The van der Waals surface area contributed by atoms with Gasteiger partial charge >= 0.3 is 0 Å². The van der Waals surface area contributed by atoms with Crippen LogP contribution in [0.3, 0.4) is 0 Å². The van der Waals surface area contributed by atoms with Crippen molar-refractivity contribution in [3.8, 4) is 17.1 Å². The quantitative estimate of drug-likeness (QED) is 0.651. The lowest BCUT2D eigenvalue weighted by atomic mass is 9.87. The van der Waals surface area contributed by atoms with Gasteiger partial charge in [-0.3, -0.25) is 9.36 Å². The molecule has 0 aliphatic carbocycles. The molecule has 0 aliphatic rings. The van der Waals surface area contributed by atoms with Gasteiger partial charge in [0.15, 0.2) is 11.0 Å². The standard InChI is InChI=1S/C21H24N4OS/c1-21(2,3)16-11-9-15(10-12-16)19-23-24-20(27-14-13-18(22)26)25(19)17-7-5-4-6-8-17/h4-12H,13-14H2,1-3H3,(H2,22,26). The third-order valence-corrected chi connectivity index (χ3v) is 5.17. The molecule has 2 N–H and O–H groups in total. The van der Waals surface area contributed by atoms with Gasteiger partial charge in [-0.1, -0.05) is 75.0 Å². The Morgan fingerprint density at radius 3 is 2.30 bits per heavy atom. The summed E-state index contributed by atoms with van der Waals surface area (Å²) in [6.45, 7) is 6.59. The van der Waals surface area contributed by atoms with Crippen LogP contribution in [-0.2, 0) is 10.2 Å². The molecular formula is C21H24N4OS. The lowest BCUT2D eigenvalue weighted by molar-refractivity contribution is -0.117. The van der Waals surface area contributed by atoms with E-state index < -0.39 is 0 Å². The van der Waals surface area contributed by atoms with Crippen LogP contribution in [0.25, 0.3) is 17.1 Å². The van der Waals surface area contributed by atoms with Crippen LogP contribution in [0, 0.1) is 0 Å². The first kappa shape index (κ1) is 19.2. The zero-order valence-electron chi connectivity index (χ0n) is 15.8. The highest BCUT2D eigenvalue weighted by Crippen LogP contribution is 2.30. The minimum absolute atomic E-state index is 0.0986. The summed E-state index contributed by atoms with van der Waals surface area (Å²) in [5, 5.41) is 9.54. The van der Waals surface area contributed by atoms with Gasteiger partial charge in [0.1, 0.15) is 0 Å². The fraction of sp³-hybridized carbons (Fsp3) is 0.286. The van der Waals surface area contributed by atoms with Gasteiger partial charge in [-0.2, -0.15) is 0 Å². The van der Waals surface area contributed by atoms with E-state index in [4.69, 9.17) is 5.73 Å². The smallest absolute Gasteiger partial charge is 0.218 e. The van der Waals surface area contributed by atoms with Gasteiger partial charge in [-0.15, -0.1) is 10.2 Å². The molecule has 0 saturated heterocycles. The van der Waals surface area contributed by atoms with Crippen molar-refractivity contribution in [1.82, 2.24) is 14.8 Å². The Morgan fingerprint density at radius 2 is 1.70 bits per heavy atom. The molecule has 27 heavy (non-hydrogen) atoms. The summed E-state index contributed by atoms with van der Waals surface area (Å²) in [5.41, 5.74) is 8.61. The summed E-state index contributed by atoms with van der Waals surface area (Å²) in [4.78, 5) is 11.1. The Labute approximate surface area is 164 Å². The molecule has 3 aromatic rings. The van der Waals surface area contributed by atoms with Crippen molar-refractivity contribution in [2.45, 2.75) is 37.8 Å². The molecule has 0 atom stereocenters. The fourth-order valence-electron chi connectivity index (χ4n) is 2.72. The van der Waals surface area contributed by atoms with Crippen molar-refractivity contribution in [1.29, 1.82) is 0 Å². The zero-order valence-corrected chi connectivity index (χ0v) is 16.7. The fourth-order valence-corrected chi connectivity index (χ4v) is 3.63. The number of para-hydroxylation sites is 1. The maximum Gasteiger partial charge on any atom is 0.218 e. The molecule has 5 nitrogen and oxygen atoms in total. The molecule has 1 heterocycles. The number of hydrogen-bond donors (Lipinski definition) is 1. The molecule has 0 unspecified atom stereocenters. The average Bonchev–Trinajstić information content (AvgIpc) is 3.05. The molecule has 0 aliphatic heterocycles. The van der Waals surface area contributed by atoms with E-state index in [0.717, 1.165) is 22.2 Å². The average molecular weight is 381 g/mol. The Balaban J connectivity index is 2.00. The zero-order chi connectivity index (χ0) is 19.4. The number of carbonyl (C=O) groups excluding carboxylic acids is 1. The van der Waals surface area contributed by atoms with E-state index in [1.807, 2.05) is 34.9 Å². The number of benzene rings is 2. The van der Waals surface area contributed by atoms with E-state index in [0.29, 0.717) is 12.2 Å². The van der Waals surface area contributed by atoms with Gasteiger partial charge < -0.3 is 5.73 Å². The predicted octanol–water partition coefficient (Wildman–Crippen LogP) is 4.20. The molecular weight excluding hydrogens is 356 g/mol. The van der Waals surface area contributed by atoms with E-state index >= 15 is 0 Å². The van der Waals surface area contributed by atoms with Crippen LogP contribution < -0.4 is 5.73 Å². The lowest BCUT2D eigenvalue weighted by Crippen LogP contribution is -2.11. The third kappa shape index (κ3) is 4.57. The third-order valence-electron chi connectivity index (χ3n) is 4.24. The minimum atomic E-state index is -0.314. The molecule has 1 amide bonds. The number of aromatic nitrogens is 3. The van der Waals surface area contributed by atoms with Crippen molar-refractivity contribution in [2.24, 2.45) is 5.73 Å². The number of amides is 1. The first-order valence-corrected chi connectivity index (χ1v) is 9.87. The highest BCUT2D eigenvalue weighted by Gasteiger charge is 2.18. The highest BCUT2D eigenvalue weighted by atomic mass is 32.2. The van der Waals surface area contributed by atoms with Crippen LogP contribution in [-0.4, -0.2) is 26.4 Å². The summed E-state index contributed by atoms with van der Waals surface area (Å²) < 4.78 is 2.03. The van der Waals surface area contributed by atoms with Gasteiger partial charge in [-0.05, 0) is 23.1 Å². The van der Waals surface area contributed by atoms with E-state index in [1.54, 1.807) is 0 Å².